The fourth-order valence-corrected chi connectivity index (χ4v) is 6.20. The Morgan fingerprint density at radius 1 is 1.16 bits per heavy atom. The van der Waals surface area contributed by atoms with Gasteiger partial charge in [-0.3, -0.25) is 19.5 Å². The standard InChI is InChI=1S/C33H33N3O7S/c1-6-8-25-29(32(38)42-7-2)30(21-11-9-20(10-12-21)19(3)4)35-31(37)28(44-33(35)34-25)18-23-14-16-26(43-23)24-15-13-22(36(39)40)17-27(24)41-5/h9-19,30H,6-8H2,1-5H3/b28-18-/t30-/m0/s1. The van der Waals surface area contributed by atoms with Crippen LogP contribution in [0.15, 0.2) is 80.1 Å². The first-order valence-corrected chi connectivity index (χ1v) is 15.2. The van der Waals surface area contributed by atoms with Crippen LogP contribution in [0.1, 0.15) is 69.4 Å². The van der Waals surface area contributed by atoms with Crippen LogP contribution in [0.25, 0.3) is 17.4 Å². The van der Waals surface area contributed by atoms with Gasteiger partial charge in [0.05, 0.1) is 52.1 Å². The fourth-order valence-electron chi connectivity index (χ4n) is 5.20. The zero-order valence-electron chi connectivity index (χ0n) is 25.2. The maximum absolute atomic E-state index is 14.0. The molecule has 1 aliphatic rings. The molecule has 1 atom stereocenters. The summed E-state index contributed by atoms with van der Waals surface area (Å²) in [5, 5.41) is 11.2. The summed E-state index contributed by atoms with van der Waals surface area (Å²) in [5.74, 6) is 0.957. The molecule has 0 aliphatic carbocycles. The molecule has 2 aromatic carbocycles. The smallest absolute Gasteiger partial charge is 0.338 e. The highest BCUT2D eigenvalue weighted by Crippen LogP contribution is 2.35. The number of aromatic nitrogens is 1. The highest BCUT2D eigenvalue weighted by atomic mass is 32.1. The molecule has 10 nitrogen and oxygen atoms in total. The summed E-state index contributed by atoms with van der Waals surface area (Å²) >= 11 is 1.22. The van der Waals surface area contributed by atoms with Crippen molar-refractivity contribution in [1.29, 1.82) is 0 Å². The number of ether oxygens (including phenoxy) is 2. The third-order valence-corrected chi connectivity index (χ3v) is 8.36. The van der Waals surface area contributed by atoms with E-state index in [-0.39, 0.29) is 23.6 Å². The van der Waals surface area contributed by atoms with Gasteiger partial charge in [-0.25, -0.2) is 9.79 Å². The quantitative estimate of drug-likeness (QED) is 0.124. The number of nitro groups is 1. The van der Waals surface area contributed by atoms with E-state index in [0.29, 0.717) is 50.0 Å². The minimum Gasteiger partial charge on any atom is -0.496 e. The molecule has 3 heterocycles. The average molecular weight is 616 g/mol. The molecule has 0 saturated heterocycles. The van der Waals surface area contributed by atoms with Gasteiger partial charge in [0.15, 0.2) is 4.80 Å². The van der Waals surface area contributed by atoms with Crippen LogP contribution in [-0.2, 0) is 9.53 Å². The number of fused-ring (bicyclic) bond motifs is 1. The van der Waals surface area contributed by atoms with Gasteiger partial charge in [0.25, 0.3) is 11.2 Å². The number of nitro benzene ring substituents is 1. The topological polar surface area (TPSA) is 126 Å². The summed E-state index contributed by atoms with van der Waals surface area (Å²) in [6.07, 6.45) is 2.95. The number of nitrogens with zero attached hydrogens (tertiary/aromatic N) is 3. The monoisotopic (exact) mass is 615 g/mol. The van der Waals surface area contributed by atoms with Crippen LogP contribution in [0.2, 0.25) is 0 Å². The predicted molar refractivity (Wildman–Crippen MR) is 168 cm³/mol. The van der Waals surface area contributed by atoms with Crippen LogP contribution in [-0.4, -0.2) is 29.2 Å². The molecule has 44 heavy (non-hydrogen) atoms. The number of esters is 1. The van der Waals surface area contributed by atoms with Gasteiger partial charge in [-0.1, -0.05) is 62.8 Å². The van der Waals surface area contributed by atoms with Crippen molar-refractivity contribution in [3.8, 4) is 17.1 Å². The predicted octanol–water partition coefficient (Wildman–Crippen LogP) is 5.88. The molecule has 228 valence electrons. The summed E-state index contributed by atoms with van der Waals surface area (Å²) in [6, 6.07) is 15.0. The zero-order chi connectivity index (χ0) is 31.5. The number of allylic oxidation sites excluding steroid dienone is 1. The van der Waals surface area contributed by atoms with Gasteiger partial charge in [0.2, 0.25) is 0 Å². The number of rotatable bonds is 10. The molecular weight excluding hydrogens is 582 g/mol. The van der Waals surface area contributed by atoms with Gasteiger partial charge in [-0.2, -0.15) is 0 Å². The maximum Gasteiger partial charge on any atom is 0.338 e. The Balaban J connectivity index is 1.64. The highest BCUT2D eigenvalue weighted by Gasteiger charge is 2.34. The number of non-ortho nitro benzene ring substituents is 1. The molecule has 11 heteroatoms. The van der Waals surface area contributed by atoms with Gasteiger partial charge in [0.1, 0.15) is 17.3 Å². The Hall–Kier alpha value is -4.77. The van der Waals surface area contributed by atoms with Gasteiger partial charge in [0, 0.05) is 12.1 Å². The second-order valence-corrected chi connectivity index (χ2v) is 11.6. The molecule has 0 fully saturated rings. The first kappa shape index (κ1) is 30.7. The van der Waals surface area contributed by atoms with Gasteiger partial charge in [-0.15, -0.1) is 0 Å². The van der Waals surface area contributed by atoms with E-state index in [1.807, 2.05) is 31.2 Å². The number of carbonyl (C=O) groups excluding carboxylic acids is 1. The number of furan rings is 1. The van der Waals surface area contributed by atoms with E-state index in [1.165, 1.54) is 30.6 Å². The molecule has 0 amide bonds. The summed E-state index contributed by atoms with van der Waals surface area (Å²) in [7, 11) is 1.43. The first-order chi connectivity index (χ1) is 21.2. The lowest BCUT2D eigenvalue weighted by atomic mass is 9.92. The number of methoxy groups -OCH3 is 1. The van der Waals surface area contributed by atoms with Gasteiger partial charge < -0.3 is 13.9 Å². The van der Waals surface area contributed by atoms with Crippen LogP contribution in [0.4, 0.5) is 5.69 Å². The Kier molecular flexibility index (Phi) is 8.96. The number of benzene rings is 2. The van der Waals surface area contributed by atoms with Crippen molar-refractivity contribution in [2.24, 2.45) is 4.99 Å². The molecule has 0 bridgehead atoms. The van der Waals surface area contributed by atoms with Crippen molar-refractivity contribution >= 4 is 29.1 Å². The van der Waals surface area contributed by atoms with E-state index in [1.54, 1.807) is 35.8 Å². The molecule has 0 radical (unpaired) electrons. The van der Waals surface area contributed by atoms with E-state index >= 15 is 0 Å². The van der Waals surface area contributed by atoms with E-state index in [2.05, 4.69) is 13.8 Å². The maximum atomic E-state index is 14.0. The van der Waals surface area contributed by atoms with E-state index in [9.17, 15) is 19.7 Å². The molecule has 0 saturated carbocycles. The first-order valence-electron chi connectivity index (χ1n) is 14.4. The molecule has 0 N–H and O–H groups in total. The zero-order valence-corrected chi connectivity index (χ0v) is 26.0. The van der Waals surface area contributed by atoms with Crippen LogP contribution in [0, 0.1) is 10.1 Å². The lowest BCUT2D eigenvalue weighted by Crippen LogP contribution is -2.40. The van der Waals surface area contributed by atoms with Crippen LogP contribution in [0.5, 0.6) is 5.75 Å². The fraction of sp³-hybridized carbons (Fsp3) is 0.303. The molecule has 1 aliphatic heterocycles. The lowest BCUT2D eigenvalue weighted by Gasteiger charge is -2.26. The van der Waals surface area contributed by atoms with Crippen molar-refractivity contribution in [1.82, 2.24) is 4.57 Å². The minimum absolute atomic E-state index is 0.100. The van der Waals surface area contributed by atoms with Crippen LogP contribution >= 0.6 is 11.3 Å². The van der Waals surface area contributed by atoms with E-state index in [0.717, 1.165) is 17.5 Å². The summed E-state index contributed by atoms with van der Waals surface area (Å²) in [5.41, 5.74) is 3.05. The summed E-state index contributed by atoms with van der Waals surface area (Å²) in [4.78, 5) is 43.4. The van der Waals surface area contributed by atoms with Crippen LogP contribution < -0.4 is 19.6 Å². The summed E-state index contributed by atoms with van der Waals surface area (Å²) < 4.78 is 18.8. The largest absolute Gasteiger partial charge is 0.496 e. The SMILES string of the molecule is CCCC1=C(C(=O)OCC)[C@H](c2ccc(C(C)C)cc2)n2c(s/c(=C\c3ccc(-c4ccc([N+](=O)[O-])cc4OC)o3)c2=O)=N1. The van der Waals surface area contributed by atoms with Crippen molar-refractivity contribution in [3.63, 3.8) is 0 Å². The van der Waals surface area contributed by atoms with Crippen molar-refractivity contribution in [3.05, 3.63) is 113 Å². The van der Waals surface area contributed by atoms with Crippen molar-refractivity contribution in [2.75, 3.05) is 13.7 Å². The van der Waals surface area contributed by atoms with E-state index in [4.69, 9.17) is 18.9 Å². The second kappa shape index (κ2) is 12.8. The van der Waals surface area contributed by atoms with Crippen LogP contribution in [0.3, 0.4) is 0 Å². The lowest BCUT2D eigenvalue weighted by molar-refractivity contribution is -0.384. The molecule has 0 spiro atoms. The van der Waals surface area contributed by atoms with Gasteiger partial charge in [-0.05, 0) is 48.6 Å². The normalized spacial score (nSPS) is 14.9. The number of hydrogen-bond acceptors (Lipinski definition) is 9. The molecule has 2 aromatic heterocycles. The van der Waals surface area contributed by atoms with Crippen molar-refractivity contribution < 1.29 is 23.6 Å². The van der Waals surface area contributed by atoms with Crippen molar-refractivity contribution in [2.45, 2.75) is 52.5 Å². The Bertz CT molecular complexity index is 1930. The van der Waals surface area contributed by atoms with Gasteiger partial charge >= 0.3 is 5.97 Å². The molecule has 5 rings (SSSR count). The highest BCUT2D eigenvalue weighted by molar-refractivity contribution is 7.07. The third kappa shape index (κ3) is 5.87. The van der Waals surface area contributed by atoms with E-state index < -0.39 is 16.9 Å². The Morgan fingerprint density at radius 2 is 1.91 bits per heavy atom. The molecule has 4 aromatic rings. The minimum atomic E-state index is -0.702. The Labute approximate surface area is 257 Å². The average Bonchev–Trinajstić information content (AvgIpc) is 3.60. The number of thiazole rings is 1. The molecule has 0 unspecified atom stereocenters. The Morgan fingerprint density at radius 3 is 2.55 bits per heavy atom. The third-order valence-electron chi connectivity index (χ3n) is 7.37. The number of hydrogen-bond donors (Lipinski definition) is 0. The summed E-state index contributed by atoms with van der Waals surface area (Å²) in [6.45, 7) is 8.19. The second-order valence-electron chi connectivity index (χ2n) is 10.6. The molecular formula is C33H33N3O7S. The number of carbonyl (C=O) groups is 1.